The van der Waals surface area contributed by atoms with Gasteiger partial charge in [0.2, 0.25) is 5.91 Å². The van der Waals surface area contributed by atoms with Crippen molar-refractivity contribution in [3.05, 3.63) is 52.9 Å². The van der Waals surface area contributed by atoms with E-state index in [9.17, 15) is 9.59 Å². The molecule has 0 aliphatic heterocycles. The summed E-state index contributed by atoms with van der Waals surface area (Å²) >= 11 is 3.02. The zero-order chi connectivity index (χ0) is 19.7. The molecule has 0 aliphatic carbocycles. The largest absolute Gasteiger partial charge is 0.329 e. The van der Waals surface area contributed by atoms with E-state index in [-0.39, 0.29) is 17.3 Å². The first-order valence-corrected chi connectivity index (χ1v) is 10.9. The molecule has 0 atom stereocenters. The number of nitrogens with zero attached hydrogens (tertiary/aromatic N) is 3. The molecule has 0 aliphatic rings. The number of benzene rings is 2. The molecule has 8 heteroatoms. The second-order valence-corrected chi connectivity index (χ2v) is 8.51. The van der Waals surface area contributed by atoms with Gasteiger partial charge in [-0.15, -0.1) is 11.3 Å². The molecule has 0 bridgehead atoms. The van der Waals surface area contributed by atoms with Crippen LogP contribution >= 0.6 is 23.1 Å². The summed E-state index contributed by atoms with van der Waals surface area (Å²) in [4.78, 5) is 29.4. The summed E-state index contributed by atoms with van der Waals surface area (Å²) in [7, 11) is 0. The molecule has 2 heterocycles. The van der Waals surface area contributed by atoms with E-state index in [0.29, 0.717) is 18.8 Å². The van der Waals surface area contributed by atoms with Gasteiger partial charge in [-0.2, -0.15) is 0 Å². The van der Waals surface area contributed by atoms with Crippen molar-refractivity contribution in [2.45, 2.75) is 31.3 Å². The Morgan fingerprint density at radius 3 is 2.61 bits per heavy atom. The molecule has 1 N–H and O–H groups in total. The molecule has 0 spiro atoms. The quantitative estimate of drug-likeness (QED) is 0.482. The van der Waals surface area contributed by atoms with E-state index >= 15 is 0 Å². The zero-order valence-corrected chi connectivity index (χ0v) is 17.3. The van der Waals surface area contributed by atoms with Crippen LogP contribution in [0.4, 0.5) is 5.69 Å². The van der Waals surface area contributed by atoms with Crippen molar-refractivity contribution in [2.75, 3.05) is 11.1 Å². The van der Waals surface area contributed by atoms with Crippen LogP contribution in [0.1, 0.15) is 13.8 Å². The fraction of sp³-hybridized carbons (Fsp3) is 0.250. The Labute approximate surface area is 170 Å². The van der Waals surface area contributed by atoms with E-state index in [4.69, 9.17) is 0 Å². The number of carbonyl (C=O) groups is 1. The van der Waals surface area contributed by atoms with Gasteiger partial charge < -0.3 is 5.32 Å². The van der Waals surface area contributed by atoms with Crippen LogP contribution in [0, 0.1) is 0 Å². The third-order valence-corrected chi connectivity index (χ3v) is 6.72. The Kier molecular flexibility index (Phi) is 5.23. The Balaban J connectivity index is 1.49. The number of rotatable bonds is 6. The first-order valence-electron chi connectivity index (χ1n) is 9.12. The molecule has 4 rings (SSSR count). The van der Waals surface area contributed by atoms with E-state index in [1.807, 2.05) is 56.3 Å². The molecule has 0 unspecified atom stereocenters. The van der Waals surface area contributed by atoms with Crippen LogP contribution in [0.3, 0.4) is 0 Å². The van der Waals surface area contributed by atoms with Gasteiger partial charge >= 0.3 is 5.69 Å². The van der Waals surface area contributed by atoms with Crippen molar-refractivity contribution in [3.8, 4) is 0 Å². The minimum absolute atomic E-state index is 0.0186. The molecule has 0 saturated heterocycles. The number of amides is 1. The number of aromatic nitrogens is 3. The number of para-hydroxylation sites is 1. The van der Waals surface area contributed by atoms with Gasteiger partial charge in [-0.1, -0.05) is 23.9 Å². The second-order valence-electron chi connectivity index (χ2n) is 6.26. The van der Waals surface area contributed by atoms with Crippen molar-refractivity contribution in [3.63, 3.8) is 0 Å². The summed E-state index contributed by atoms with van der Waals surface area (Å²) in [5.74, 6) is 0.193. The van der Waals surface area contributed by atoms with Gasteiger partial charge in [0.25, 0.3) is 0 Å². The van der Waals surface area contributed by atoms with E-state index < -0.39 is 0 Å². The minimum Gasteiger partial charge on any atom is -0.325 e. The molecule has 2 aromatic heterocycles. The zero-order valence-electron chi connectivity index (χ0n) is 15.6. The van der Waals surface area contributed by atoms with Crippen LogP contribution in [-0.4, -0.2) is 25.8 Å². The van der Waals surface area contributed by atoms with Crippen LogP contribution in [0.5, 0.6) is 0 Å². The Bertz CT molecular complexity index is 1190. The Hall–Kier alpha value is -2.58. The number of imidazole rings is 1. The summed E-state index contributed by atoms with van der Waals surface area (Å²) < 4.78 is 5.47. The van der Waals surface area contributed by atoms with Crippen molar-refractivity contribution >= 4 is 55.9 Å². The minimum atomic E-state index is -0.0936. The van der Waals surface area contributed by atoms with Gasteiger partial charge in [0.1, 0.15) is 0 Å². The maximum absolute atomic E-state index is 12.4. The number of hydrogen-bond acceptors (Lipinski definition) is 5. The average molecular weight is 413 g/mol. The highest BCUT2D eigenvalue weighted by Crippen LogP contribution is 2.29. The molecule has 144 valence electrons. The summed E-state index contributed by atoms with van der Waals surface area (Å²) in [6.07, 6.45) is 0. The second kappa shape index (κ2) is 7.81. The highest BCUT2D eigenvalue weighted by molar-refractivity contribution is 8.01. The average Bonchev–Trinajstić information content (AvgIpc) is 3.23. The lowest BCUT2D eigenvalue weighted by atomic mass is 10.2. The number of carbonyl (C=O) groups excluding carboxylic acids is 1. The molecule has 6 nitrogen and oxygen atoms in total. The SMILES string of the molecule is CCn1c(=O)n(CC)c2cc(NC(=O)CSc3nc4ccccc4s3)ccc21. The lowest BCUT2D eigenvalue weighted by Gasteiger charge is -2.06. The normalized spacial score (nSPS) is 11.4. The van der Waals surface area contributed by atoms with Crippen molar-refractivity contribution < 1.29 is 4.79 Å². The lowest BCUT2D eigenvalue weighted by molar-refractivity contribution is -0.113. The summed E-state index contributed by atoms with van der Waals surface area (Å²) in [5.41, 5.74) is 3.36. The fourth-order valence-electron chi connectivity index (χ4n) is 3.25. The van der Waals surface area contributed by atoms with Gasteiger partial charge in [0.15, 0.2) is 4.34 Å². The smallest absolute Gasteiger partial charge is 0.325 e. The van der Waals surface area contributed by atoms with Crippen molar-refractivity contribution in [2.24, 2.45) is 0 Å². The van der Waals surface area contributed by atoms with Crippen LogP contribution in [-0.2, 0) is 17.9 Å². The van der Waals surface area contributed by atoms with Gasteiger partial charge in [-0.05, 0) is 44.2 Å². The molecule has 0 fully saturated rings. The summed E-state index contributed by atoms with van der Waals surface area (Å²) in [5, 5.41) is 2.93. The van der Waals surface area contributed by atoms with Gasteiger partial charge in [-0.3, -0.25) is 13.9 Å². The summed E-state index contributed by atoms with van der Waals surface area (Å²) in [6, 6.07) is 13.5. The van der Waals surface area contributed by atoms with Crippen molar-refractivity contribution in [1.82, 2.24) is 14.1 Å². The topological polar surface area (TPSA) is 68.9 Å². The number of hydrogen-bond donors (Lipinski definition) is 1. The molecule has 4 aromatic rings. The molecule has 0 saturated carbocycles. The fourth-order valence-corrected chi connectivity index (χ4v) is 5.11. The first kappa shape index (κ1) is 18.8. The molecule has 0 radical (unpaired) electrons. The van der Waals surface area contributed by atoms with E-state index in [1.165, 1.54) is 11.8 Å². The number of aryl methyl sites for hydroxylation is 2. The molecular formula is C20H20N4O2S2. The van der Waals surface area contributed by atoms with Crippen LogP contribution in [0.15, 0.2) is 51.6 Å². The third-order valence-electron chi connectivity index (χ3n) is 4.54. The highest BCUT2D eigenvalue weighted by Gasteiger charge is 2.13. The Morgan fingerprint density at radius 2 is 1.86 bits per heavy atom. The maximum Gasteiger partial charge on any atom is 0.329 e. The van der Waals surface area contributed by atoms with Crippen LogP contribution < -0.4 is 11.0 Å². The number of nitrogens with one attached hydrogen (secondary N) is 1. The molecular weight excluding hydrogens is 392 g/mol. The first-order chi connectivity index (χ1) is 13.6. The van der Waals surface area contributed by atoms with Crippen molar-refractivity contribution in [1.29, 1.82) is 0 Å². The van der Waals surface area contributed by atoms with Gasteiger partial charge in [0.05, 0.1) is 27.0 Å². The number of thiazole rings is 1. The number of fused-ring (bicyclic) bond motifs is 2. The van der Waals surface area contributed by atoms with E-state index in [1.54, 1.807) is 20.5 Å². The lowest BCUT2D eigenvalue weighted by Crippen LogP contribution is -2.23. The van der Waals surface area contributed by atoms with E-state index in [2.05, 4.69) is 10.3 Å². The standard InChI is InChI=1S/C20H20N4O2S2/c1-3-23-15-10-9-13(11-16(15)24(4-2)20(23)26)21-18(25)12-27-19-22-14-7-5-6-8-17(14)28-19/h5-11H,3-4,12H2,1-2H3,(H,21,25). The predicted octanol–water partition coefficient (Wildman–Crippen LogP) is 4.18. The number of thioether (sulfide) groups is 1. The van der Waals surface area contributed by atoms with Crippen LogP contribution in [0.2, 0.25) is 0 Å². The Morgan fingerprint density at radius 1 is 1.11 bits per heavy atom. The van der Waals surface area contributed by atoms with Gasteiger partial charge in [-0.25, -0.2) is 9.78 Å². The molecule has 1 amide bonds. The third kappa shape index (κ3) is 3.45. The summed E-state index contributed by atoms with van der Waals surface area (Å²) in [6.45, 7) is 5.11. The highest BCUT2D eigenvalue weighted by atomic mass is 32.2. The van der Waals surface area contributed by atoms with Crippen LogP contribution in [0.25, 0.3) is 21.3 Å². The molecule has 28 heavy (non-hydrogen) atoms. The number of anilines is 1. The monoisotopic (exact) mass is 412 g/mol. The predicted molar refractivity (Wildman–Crippen MR) is 117 cm³/mol. The van der Waals surface area contributed by atoms with Gasteiger partial charge in [0, 0.05) is 18.8 Å². The molecule has 2 aromatic carbocycles. The maximum atomic E-state index is 12.4. The van der Waals surface area contributed by atoms with E-state index in [0.717, 1.165) is 25.6 Å².